The molecule has 2 aromatic carbocycles. The second-order valence-electron chi connectivity index (χ2n) is 5.32. The molecule has 0 radical (unpaired) electrons. The van der Waals surface area contributed by atoms with Crippen LogP contribution >= 0.6 is 0 Å². The summed E-state index contributed by atoms with van der Waals surface area (Å²) in [4.78, 5) is 8.24. The number of rotatable bonds is 6. The van der Waals surface area contributed by atoms with Gasteiger partial charge in [-0.05, 0) is 35.9 Å². The molecule has 3 aromatic rings. The van der Waals surface area contributed by atoms with Gasteiger partial charge in [0.15, 0.2) is 17.5 Å². The summed E-state index contributed by atoms with van der Waals surface area (Å²) in [5.41, 5.74) is 0.767. The molecule has 0 amide bonds. The van der Waals surface area contributed by atoms with Crippen molar-refractivity contribution < 1.29 is 17.9 Å². The number of benzene rings is 2. The van der Waals surface area contributed by atoms with Gasteiger partial charge in [0.2, 0.25) is 5.95 Å². The molecule has 0 spiro atoms. The van der Waals surface area contributed by atoms with Crippen molar-refractivity contribution in [2.75, 3.05) is 17.7 Å². The molecule has 134 valence electrons. The van der Waals surface area contributed by atoms with Gasteiger partial charge in [-0.15, -0.1) is 0 Å². The highest BCUT2D eigenvalue weighted by Crippen LogP contribution is 2.23. The number of anilines is 3. The molecule has 0 bridgehead atoms. The molecule has 0 aliphatic rings. The number of nitrogens with one attached hydrogen (secondary N) is 2. The number of hydrogen-bond donors (Lipinski definition) is 2. The third kappa shape index (κ3) is 4.02. The number of nitrogens with zero attached hydrogens (tertiary/aromatic N) is 2. The average Bonchev–Trinajstić information content (AvgIpc) is 2.67. The van der Waals surface area contributed by atoms with Crippen LogP contribution in [-0.4, -0.2) is 17.1 Å². The van der Waals surface area contributed by atoms with Gasteiger partial charge < -0.3 is 15.4 Å². The Morgan fingerprint density at radius 1 is 0.962 bits per heavy atom. The normalized spacial score (nSPS) is 10.5. The van der Waals surface area contributed by atoms with E-state index in [4.69, 9.17) is 4.74 Å². The Morgan fingerprint density at radius 3 is 2.46 bits per heavy atom. The number of ether oxygens (including phenoxy) is 1. The highest BCUT2D eigenvalue weighted by Gasteiger charge is 2.13. The first-order chi connectivity index (χ1) is 12.6. The lowest BCUT2D eigenvalue weighted by atomic mass is 10.2. The van der Waals surface area contributed by atoms with Crippen molar-refractivity contribution in [1.29, 1.82) is 0 Å². The van der Waals surface area contributed by atoms with Gasteiger partial charge in [-0.2, -0.15) is 4.98 Å². The number of hydrogen-bond acceptors (Lipinski definition) is 5. The molecule has 0 fully saturated rings. The van der Waals surface area contributed by atoms with E-state index in [1.807, 2.05) is 24.3 Å². The molecule has 0 aliphatic carbocycles. The highest BCUT2D eigenvalue weighted by molar-refractivity contribution is 5.57. The fourth-order valence-electron chi connectivity index (χ4n) is 2.20. The van der Waals surface area contributed by atoms with Crippen LogP contribution in [0.15, 0.2) is 48.7 Å². The number of methoxy groups -OCH3 is 1. The van der Waals surface area contributed by atoms with E-state index in [0.717, 1.165) is 23.4 Å². The minimum absolute atomic E-state index is 0.219. The minimum Gasteiger partial charge on any atom is -0.497 e. The van der Waals surface area contributed by atoms with Crippen LogP contribution in [0.5, 0.6) is 5.75 Å². The van der Waals surface area contributed by atoms with Crippen LogP contribution in [0.3, 0.4) is 0 Å². The van der Waals surface area contributed by atoms with Crippen LogP contribution in [0.1, 0.15) is 5.56 Å². The molecule has 2 N–H and O–H groups in total. The predicted molar refractivity (Wildman–Crippen MR) is 92.0 cm³/mol. The van der Waals surface area contributed by atoms with E-state index in [0.29, 0.717) is 12.5 Å². The molecule has 0 unspecified atom stereocenters. The van der Waals surface area contributed by atoms with Gasteiger partial charge in [-0.3, -0.25) is 0 Å². The summed E-state index contributed by atoms with van der Waals surface area (Å²) >= 11 is 0. The zero-order valence-corrected chi connectivity index (χ0v) is 13.8. The maximum atomic E-state index is 13.7. The summed E-state index contributed by atoms with van der Waals surface area (Å²) in [6, 6.07) is 10.9. The molecule has 5 nitrogen and oxygen atoms in total. The molecule has 1 aromatic heterocycles. The van der Waals surface area contributed by atoms with E-state index in [1.54, 1.807) is 7.11 Å². The molecule has 26 heavy (non-hydrogen) atoms. The van der Waals surface area contributed by atoms with Crippen LogP contribution in [0, 0.1) is 17.5 Å². The lowest BCUT2D eigenvalue weighted by Gasteiger charge is -2.10. The van der Waals surface area contributed by atoms with Gasteiger partial charge in [0.1, 0.15) is 11.6 Å². The van der Waals surface area contributed by atoms with E-state index in [9.17, 15) is 13.2 Å². The summed E-state index contributed by atoms with van der Waals surface area (Å²) < 4.78 is 45.1. The van der Waals surface area contributed by atoms with Crippen molar-refractivity contribution in [2.45, 2.75) is 6.54 Å². The van der Waals surface area contributed by atoms with E-state index < -0.39 is 17.5 Å². The summed E-state index contributed by atoms with van der Waals surface area (Å²) in [6.45, 7) is 0.465. The Labute approximate surface area is 147 Å². The Kier molecular flexibility index (Phi) is 5.21. The maximum Gasteiger partial charge on any atom is 0.224 e. The molecule has 0 aliphatic heterocycles. The van der Waals surface area contributed by atoms with Gasteiger partial charge in [-0.1, -0.05) is 12.1 Å². The molecule has 8 heteroatoms. The van der Waals surface area contributed by atoms with E-state index in [-0.39, 0.29) is 11.5 Å². The molecule has 0 atom stereocenters. The van der Waals surface area contributed by atoms with Crippen LogP contribution in [-0.2, 0) is 6.54 Å². The van der Waals surface area contributed by atoms with Crippen LogP contribution in [0.4, 0.5) is 30.6 Å². The van der Waals surface area contributed by atoms with Gasteiger partial charge in [0, 0.05) is 12.7 Å². The quantitative estimate of drug-likeness (QED) is 0.644. The van der Waals surface area contributed by atoms with Gasteiger partial charge >= 0.3 is 0 Å². The number of halogens is 3. The third-order valence-electron chi connectivity index (χ3n) is 3.56. The second kappa shape index (κ2) is 7.73. The highest BCUT2D eigenvalue weighted by atomic mass is 19.2. The van der Waals surface area contributed by atoms with Crippen molar-refractivity contribution in [1.82, 2.24) is 9.97 Å². The van der Waals surface area contributed by atoms with Gasteiger partial charge in [-0.25, -0.2) is 18.2 Å². The lowest BCUT2D eigenvalue weighted by Crippen LogP contribution is -2.06. The predicted octanol–water partition coefficient (Wildman–Crippen LogP) is 4.26. The first-order valence-electron chi connectivity index (χ1n) is 7.67. The molecular formula is C18H15F3N4O. The van der Waals surface area contributed by atoms with E-state index in [2.05, 4.69) is 20.6 Å². The van der Waals surface area contributed by atoms with Crippen molar-refractivity contribution in [2.24, 2.45) is 0 Å². The Hall–Kier alpha value is -3.29. The van der Waals surface area contributed by atoms with Crippen molar-refractivity contribution in [3.05, 3.63) is 71.7 Å². The Bertz CT molecular complexity index is 903. The van der Waals surface area contributed by atoms with Crippen LogP contribution in [0.2, 0.25) is 0 Å². The minimum atomic E-state index is -1.54. The second-order valence-corrected chi connectivity index (χ2v) is 5.32. The fourth-order valence-corrected chi connectivity index (χ4v) is 2.20. The summed E-state index contributed by atoms with van der Waals surface area (Å²) in [5, 5.41) is 5.63. The molecule has 0 saturated carbocycles. The SMILES string of the molecule is COc1ccc(CNc2nccc(Nc3ccc(F)c(F)c3F)n2)cc1. The smallest absolute Gasteiger partial charge is 0.224 e. The van der Waals surface area contributed by atoms with Crippen molar-refractivity contribution in [3.8, 4) is 5.75 Å². The van der Waals surface area contributed by atoms with Crippen molar-refractivity contribution in [3.63, 3.8) is 0 Å². The lowest BCUT2D eigenvalue weighted by molar-refractivity contribution is 0.414. The zero-order chi connectivity index (χ0) is 18.5. The maximum absolute atomic E-state index is 13.7. The largest absolute Gasteiger partial charge is 0.497 e. The standard InChI is InChI=1S/C18H15F3N4O/c1-26-12-4-2-11(3-5-12)10-23-18-22-9-8-15(25-18)24-14-7-6-13(19)16(20)17(14)21/h2-9H,10H2,1H3,(H2,22,23,24,25). The first kappa shape index (κ1) is 17.5. The summed E-state index contributed by atoms with van der Waals surface area (Å²) in [7, 11) is 1.59. The van der Waals surface area contributed by atoms with E-state index in [1.165, 1.54) is 12.3 Å². The Morgan fingerprint density at radius 2 is 1.73 bits per heavy atom. The Balaban J connectivity index is 1.69. The van der Waals surface area contributed by atoms with Gasteiger partial charge in [0.25, 0.3) is 0 Å². The fraction of sp³-hybridized carbons (Fsp3) is 0.111. The van der Waals surface area contributed by atoms with E-state index >= 15 is 0 Å². The molecule has 0 saturated heterocycles. The molecule has 1 heterocycles. The summed E-state index contributed by atoms with van der Waals surface area (Å²) in [6.07, 6.45) is 1.46. The molecule has 3 rings (SSSR count). The van der Waals surface area contributed by atoms with Crippen LogP contribution in [0.25, 0.3) is 0 Å². The third-order valence-corrected chi connectivity index (χ3v) is 3.56. The van der Waals surface area contributed by atoms with Gasteiger partial charge in [0.05, 0.1) is 12.8 Å². The first-order valence-corrected chi connectivity index (χ1v) is 7.67. The number of aromatic nitrogens is 2. The topological polar surface area (TPSA) is 59.1 Å². The average molecular weight is 360 g/mol. The zero-order valence-electron chi connectivity index (χ0n) is 13.8. The summed E-state index contributed by atoms with van der Waals surface area (Å²) in [5.74, 6) is -2.81. The monoisotopic (exact) mass is 360 g/mol. The molecular weight excluding hydrogens is 345 g/mol. The van der Waals surface area contributed by atoms with Crippen molar-refractivity contribution >= 4 is 17.5 Å². The van der Waals surface area contributed by atoms with Crippen LogP contribution < -0.4 is 15.4 Å².